The average molecular weight is 269 g/mol. The fourth-order valence-corrected chi connectivity index (χ4v) is 2.56. The Morgan fingerprint density at radius 2 is 2.41 bits per heavy atom. The minimum absolute atomic E-state index is 0.430. The summed E-state index contributed by atoms with van der Waals surface area (Å²) in [6.07, 6.45) is 1.55. The lowest BCUT2D eigenvalue weighted by molar-refractivity contribution is 0.215. The third kappa shape index (κ3) is 3.50. The summed E-state index contributed by atoms with van der Waals surface area (Å²) in [5.74, 6) is 0.570. The molecule has 1 amide bonds. The third-order valence-corrected chi connectivity index (χ3v) is 3.49. The number of rotatable bonds is 4. The number of carbonyl (C=O) groups is 1. The zero-order valence-corrected chi connectivity index (χ0v) is 10.8. The van der Waals surface area contributed by atoms with E-state index in [2.05, 4.69) is 22.4 Å². The molecule has 0 spiro atoms. The van der Waals surface area contributed by atoms with Crippen molar-refractivity contribution in [3.8, 4) is 5.75 Å². The normalized spacial score (nSPS) is 10.2. The van der Waals surface area contributed by atoms with E-state index in [-0.39, 0.29) is 0 Å². The van der Waals surface area contributed by atoms with E-state index in [0.29, 0.717) is 10.9 Å². The molecule has 0 unspecified atom stereocenters. The minimum Gasteiger partial charge on any atom is -0.409 e. The highest BCUT2D eigenvalue weighted by molar-refractivity contribution is 7.13. The van der Waals surface area contributed by atoms with E-state index in [1.165, 1.54) is 16.2 Å². The Labute approximate surface area is 106 Å². The van der Waals surface area contributed by atoms with Crippen molar-refractivity contribution in [3.63, 3.8) is 0 Å². The van der Waals surface area contributed by atoms with Gasteiger partial charge in [-0.05, 0) is 12.5 Å². The van der Waals surface area contributed by atoms with Crippen molar-refractivity contribution in [1.29, 1.82) is 0 Å². The first-order valence-electron chi connectivity index (χ1n) is 5.10. The van der Waals surface area contributed by atoms with Gasteiger partial charge in [0.1, 0.15) is 11.3 Å². The van der Waals surface area contributed by atoms with Gasteiger partial charge in [-0.2, -0.15) is 0 Å². The Morgan fingerprint density at radius 1 is 1.53 bits per heavy atom. The van der Waals surface area contributed by atoms with Crippen LogP contribution in [0.4, 0.5) is 9.93 Å². The van der Waals surface area contributed by atoms with Gasteiger partial charge >= 0.3 is 6.09 Å². The number of ether oxygens (including phenoxy) is 1. The maximum atomic E-state index is 11.5. The van der Waals surface area contributed by atoms with E-state index < -0.39 is 6.09 Å². The number of thiophene rings is 1. The second-order valence-corrected chi connectivity index (χ2v) is 5.09. The van der Waals surface area contributed by atoms with Crippen LogP contribution in [0.1, 0.15) is 18.2 Å². The number of carbonyl (C=O) groups excluding carboxylic acids is 1. The van der Waals surface area contributed by atoms with Gasteiger partial charge in [0, 0.05) is 10.3 Å². The Balaban J connectivity index is 1.89. The first kappa shape index (κ1) is 12.0. The third-order valence-electron chi connectivity index (χ3n) is 1.91. The highest BCUT2D eigenvalue weighted by Gasteiger charge is 2.08. The topological polar surface area (TPSA) is 64.1 Å². The van der Waals surface area contributed by atoms with Gasteiger partial charge in [-0.1, -0.05) is 24.7 Å². The lowest BCUT2D eigenvalue weighted by atomic mass is 10.3. The maximum Gasteiger partial charge on any atom is 0.418 e. The van der Waals surface area contributed by atoms with Crippen molar-refractivity contribution < 1.29 is 9.53 Å². The monoisotopic (exact) mass is 269 g/mol. The number of hydrogen-bond donors (Lipinski definition) is 1. The van der Waals surface area contributed by atoms with Gasteiger partial charge < -0.3 is 4.74 Å². The van der Waals surface area contributed by atoms with Gasteiger partial charge in [-0.25, -0.2) is 4.79 Å². The van der Waals surface area contributed by atoms with Crippen molar-refractivity contribution in [3.05, 3.63) is 21.8 Å². The number of anilines is 1. The first-order valence-corrected chi connectivity index (χ1v) is 6.86. The van der Waals surface area contributed by atoms with Gasteiger partial charge in [0.25, 0.3) is 0 Å². The molecule has 90 valence electrons. The number of nitrogens with one attached hydrogen (secondary N) is 1. The molecule has 1 N–H and O–H groups in total. The maximum absolute atomic E-state index is 11.5. The van der Waals surface area contributed by atoms with Crippen LogP contribution >= 0.6 is 22.7 Å². The van der Waals surface area contributed by atoms with E-state index in [9.17, 15) is 4.79 Å². The summed E-state index contributed by atoms with van der Waals surface area (Å²) < 4.78 is 5.11. The standard InChI is InChI=1S/C10H11N3O2S2/c1-2-3-8-4-7(5-16-8)15-10(14)12-9-13-11-6-17-9/h4-6H,2-3H2,1H3,(H,12,13,14). The summed E-state index contributed by atoms with van der Waals surface area (Å²) >= 11 is 2.84. The summed E-state index contributed by atoms with van der Waals surface area (Å²) in [5, 5.41) is 12.1. The zero-order valence-electron chi connectivity index (χ0n) is 9.17. The number of amides is 1. The van der Waals surface area contributed by atoms with Crippen LogP contribution in [0.2, 0.25) is 0 Å². The zero-order chi connectivity index (χ0) is 12.1. The summed E-state index contributed by atoms with van der Waals surface area (Å²) in [6, 6.07) is 1.88. The molecule has 0 aliphatic rings. The molecule has 2 aromatic heterocycles. The molecule has 5 nitrogen and oxygen atoms in total. The minimum atomic E-state index is -0.539. The molecule has 0 atom stereocenters. The van der Waals surface area contributed by atoms with Crippen molar-refractivity contribution in [1.82, 2.24) is 10.2 Å². The highest BCUT2D eigenvalue weighted by atomic mass is 32.1. The van der Waals surface area contributed by atoms with Crippen LogP contribution in [-0.4, -0.2) is 16.3 Å². The quantitative estimate of drug-likeness (QED) is 0.926. The van der Waals surface area contributed by atoms with Crippen LogP contribution in [0.15, 0.2) is 17.0 Å². The van der Waals surface area contributed by atoms with Crippen molar-refractivity contribution in [2.75, 3.05) is 5.32 Å². The van der Waals surface area contributed by atoms with Crippen LogP contribution in [0.3, 0.4) is 0 Å². The number of aryl methyl sites for hydroxylation is 1. The molecule has 0 fully saturated rings. The lowest BCUT2D eigenvalue weighted by Crippen LogP contribution is -2.16. The lowest BCUT2D eigenvalue weighted by Gasteiger charge is -2.00. The molecule has 0 saturated carbocycles. The van der Waals surface area contributed by atoms with Crippen molar-refractivity contribution in [2.24, 2.45) is 0 Å². The average Bonchev–Trinajstić information content (AvgIpc) is 2.91. The van der Waals surface area contributed by atoms with Crippen LogP contribution in [-0.2, 0) is 6.42 Å². The van der Waals surface area contributed by atoms with E-state index >= 15 is 0 Å². The molecule has 17 heavy (non-hydrogen) atoms. The molecule has 0 aliphatic heterocycles. The fourth-order valence-electron chi connectivity index (χ4n) is 1.24. The summed E-state index contributed by atoms with van der Waals surface area (Å²) in [4.78, 5) is 12.7. The summed E-state index contributed by atoms with van der Waals surface area (Å²) in [7, 11) is 0. The first-order chi connectivity index (χ1) is 8.28. The van der Waals surface area contributed by atoms with Crippen LogP contribution in [0.5, 0.6) is 5.75 Å². The van der Waals surface area contributed by atoms with E-state index in [1.807, 2.05) is 11.4 Å². The van der Waals surface area contributed by atoms with E-state index in [4.69, 9.17) is 4.74 Å². The number of hydrogen-bond acceptors (Lipinski definition) is 6. The Kier molecular flexibility index (Phi) is 4.05. The highest BCUT2D eigenvalue weighted by Crippen LogP contribution is 2.23. The molecule has 0 radical (unpaired) electrons. The second-order valence-electron chi connectivity index (χ2n) is 3.26. The smallest absolute Gasteiger partial charge is 0.409 e. The van der Waals surface area contributed by atoms with Gasteiger partial charge in [0.2, 0.25) is 5.13 Å². The Bertz CT molecular complexity index is 481. The predicted molar refractivity (Wildman–Crippen MR) is 67.9 cm³/mol. The summed E-state index contributed by atoms with van der Waals surface area (Å²) in [5.41, 5.74) is 1.54. The molecule has 2 aromatic rings. The SMILES string of the molecule is CCCc1cc(OC(=O)Nc2nncs2)cs1. The molecular weight excluding hydrogens is 258 g/mol. The molecular formula is C10H11N3O2S2. The largest absolute Gasteiger partial charge is 0.418 e. The predicted octanol–water partition coefficient (Wildman–Crippen LogP) is 3.16. The van der Waals surface area contributed by atoms with Gasteiger partial charge in [0.05, 0.1) is 0 Å². The molecule has 7 heteroatoms. The van der Waals surface area contributed by atoms with Gasteiger partial charge in [-0.3, -0.25) is 5.32 Å². The fraction of sp³-hybridized carbons (Fsp3) is 0.300. The number of aromatic nitrogens is 2. The molecule has 0 saturated heterocycles. The van der Waals surface area contributed by atoms with Crippen LogP contribution in [0.25, 0.3) is 0 Å². The molecule has 0 aliphatic carbocycles. The molecule has 0 bridgehead atoms. The van der Waals surface area contributed by atoms with Gasteiger partial charge in [-0.15, -0.1) is 21.5 Å². The second kappa shape index (κ2) is 5.74. The Morgan fingerprint density at radius 3 is 3.12 bits per heavy atom. The molecule has 2 heterocycles. The van der Waals surface area contributed by atoms with Gasteiger partial charge in [0.15, 0.2) is 0 Å². The van der Waals surface area contributed by atoms with Crippen molar-refractivity contribution in [2.45, 2.75) is 19.8 Å². The Hall–Kier alpha value is -1.47. The van der Waals surface area contributed by atoms with E-state index in [0.717, 1.165) is 12.8 Å². The van der Waals surface area contributed by atoms with Crippen LogP contribution < -0.4 is 10.1 Å². The number of nitrogens with zero attached hydrogens (tertiary/aromatic N) is 2. The molecule has 2 rings (SSSR count). The van der Waals surface area contributed by atoms with E-state index in [1.54, 1.807) is 16.8 Å². The van der Waals surface area contributed by atoms with Crippen LogP contribution in [0, 0.1) is 0 Å². The van der Waals surface area contributed by atoms with Crippen molar-refractivity contribution >= 4 is 33.9 Å². The summed E-state index contributed by atoms with van der Waals surface area (Å²) in [6.45, 7) is 2.11. The molecule has 0 aromatic carbocycles.